The van der Waals surface area contributed by atoms with Gasteiger partial charge in [0.2, 0.25) is 11.8 Å². The van der Waals surface area contributed by atoms with E-state index in [-0.39, 0.29) is 42.3 Å². The van der Waals surface area contributed by atoms with E-state index in [1.165, 1.54) is 0 Å². The molecule has 0 saturated carbocycles. The maximum atomic E-state index is 12.1. The number of hydrogen-bond acceptors (Lipinski definition) is 6. The number of amides is 3. The monoisotopic (exact) mass is 347 g/mol. The fourth-order valence-electron chi connectivity index (χ4n) is 2.69. The standard InChI is InChI=1S/C16H17N3O4S/c1-9-5-10(2)15-11(6-9)12(18-23-15)7-13(20)17-3-4-19-14(21)8-24-16(19)22/h5-6H,3-4,7-8H2,1-2H3,(H,17,20). The summed E-state index contributed by atoms with van der Waals surface area (Å²) in [5, 5.41) is 7.27. The summed E-state index contributed by atoms with van der Waals surface area (Å²) in [5.74, 6) is -0.264. The number of benzene rings is 1. The van der Waals surface area contributed by atoms with Gasteiger partial charge in [0.25, 0.3) is 5.24 Å². The van der Waals surface area contributed by atoms with Crippen molar-refractivity contribution in [2.45, 2.75) is 20.3 Å². The first-order valence-electron chi connectivity index (χ1n) is 7.55. The number of thioether (sulfide) groups is 1. The number of fused-ring (bicyclic) bond motifs is 1. The van der Waals surface area contributed by atoms with Crippen LogP contribution in [0, 0.1) is 13.8 Å². The minimum atomic E-state index is -0.261. The molecule has 0 aliphatic carbocycles. The van der Waals surface area contributed by atoms with E-state index in [0.717, 1.165) is 33.2 Å². The molecule has 0 unspecified atom stereocenters. The molecule has 126 valence electrons. The number of carbonyl (C=O) groups excluding carboxylic acids is 3. The molecule has 1 N–H and O–H groups in total. The molecule has 8 heteroatoms. The van der Waals surface area contributed by atoms with Gasteiger partial charge in [-0.3, -0.25) is 19.3 Å². The van der Waals surface area contributed by atoms with Crippen LogP contribution in [0.5, 0.6) is 0 Å². The molecule has 2 heterocycles. The molecule has 1 aliphatic heterocycles. The fourth-order valence-corrected chi connectivity index (χ4v) is 3.44. The van der Waals surface area contributed by atoms with E-state index in [9.17, 15) is 14.4 Å². The highest BCUT2D eigenvalue weighted by molar-refractivity contribution is 8.14. The predicted octanol–water partition coefficient (Wildman–Crippen LogP) is 1.80. The van der Waals surface area contributed by atoms with Crippen LogP contribution in [0.2, 0.25) is 0 Å². The van der Waals surface area contributed by atoms with Crippen molar-refractivity contribution in [3.05, 3.63) is 29.0 Å². The first-order valence-corrected chi connectivity index (χ1v) is 8.53. The molecule has 24 heavy (non-hydrogen) atoms. The van der Waals surface area contributed by atoms with E-state index in [0.29, 0.717) is 11.3 Å². The van der Waals surface area contributed by atoms with Crippen molar-refractivity contribution in [3.63, 3.8) is 0 Å². The average Bonchev–Trinajstić information content (AvgIpc) is 3.05. The second-order valence-electron chi connectivity index (χ2n) is 5.71. The topological polar surface area (TPSA) is 92.5 Å². The lowest BCUT2D eigenvalue weighted by molar-refractivity contribution is -0.125. The lowest BCUT2D eigenvalue weighted by atomic mass is 10.1. The summed E-state index contributed by atoms with van der Waals surface area (Å²) in [4.78, 5) is 36.2. The third-order valence-corrected chi connectivity index (χ3v) is 4.66. The number of aromatic nitrogens is 1. The molecule has 1 fully saturated rings. The largest absolute Gasteiger partial charge is 0.356 e. The summed E-state index contributed by atoms with van der Waals surface area (Å²) in [6.45, 7) is 4.33. The lowest BCUT2D eigenvalue weighted by Gasteiger charge is -2.12. The van der Waals surface area contributed by atoms with Crippen molar-refractivity contribution in [1.82, 2.24) is 15.4 Å². The summed E-state index contributed by atoms with van der Waals surface area (Å²) in [7, 11) is 0. The van der Waals surface area contributed by atoms with Crippen LogP contribution in [0.3, 0.4) is 0 Å². The molecule has 1 aromatic heterocycles. The van der Waals surface area contributed by atoms with Crippen LogP contribution < -0.4 is 5.32 Å². The molecular weight excluding hydrogens is 330 g/mol. The molecule has 1 aliphatic rings. The number of aryl methyl sites for hydroxylation is 2. The first-order chi connectivity index (χ1) is 11.5. The number of nitrogens with one attached hydrogen (secondary N) is 1. The molecule has 7 nitrogen and oxygen atoms in total. The minimum Gasteiger partial charge on any atom is -0.356 e. The van der Waals surface area contributed by atoms with Gasteiger partial charge in [0, 0.05) is 18.5 Å². The molecular formula is C16H17N3O4S. The van der Waals surface area contributed by atoms with Gasteiger partial charge in [0.05, 0.1) is 12.2 Å². The normalized spacial score (nSPS) is 14.7. The zero-order chi connectivity index (χ0) is 17.3. The third-order valence-electron chi connectivity index (χ3n) is 3.80. The summed E-state index contributed by atoms with van der Waals surface area (Å²) in [6.07, 6.45) is 0.0898. The Kier molecular flexibility index (Phi) is 4.57. The van der Waals surface area contributed by atoms with Crippen LogP contribution in [0.1, 0.15) is 16.8 Å². The average molecular weight is 347 g/mol. The minimum absolute atomic E-state index is 0.0898. The number of hydrogen-bond donors (Lipinski definition) is 1. The maximum Gasteiger partial charge on any atom is 0.288 e. The van der Waals surface area contributed by atoms with Crippen LogP contribution in [0.25, 0.3) is 11.0 Å². The van der Waals surface area contributed by atoms with E-state index in [4.69, 9.17) is 4.52 Å². The molecule has 0 bridgehead atoms. The summed E-state index contributed by atoms with van der Waals surface area (Å²) in [5.41, 5.74) is 3.33. The Morgan fingerprint density at radius 3 is 2.88 bits per heavy atom. The Labute approximate surface area is 142 Å². The van der Waals surface area contributed by atoms with Crippen LogP contribution in [-0.4, -0.2) is 46.0 Å². The van der Waals surface area contributed by atoms with Gasteiger partial charge in [-0.2, -0.15) is 0 Å². The molecule has 3 amide bonds. The van der Waals surface area contributed by atoms with Crippen LogP contribution in [-0.2, 0) is 16.0 Å². The first kappa shape index (κ1) is 16.5. The Balaban J connectivity index is 1.59. The van der Waals surface area contributed by atoms with Crippen molar-refractivity contribution >= 4 is 39.8 Å². The van der Waals surface area contributed by atoms with Crippen molar-refractivity contribution in [2.75, 3.05) is 18.8 Å². The number of nitrogens with zero attached hydrogens (tertiary/aromatic N) is 2. The van der Waals surface area contributed by atoms with E-state index >= 15 is 0 Å². The molecule has 3 rings (SSSR count). The van der Waals surface area contributed by atoms with Crippen molar-refractivity contribution in [3.8, 4) is 0 Å². The van der Waals surface area contributed by atoms with Gasteiger partial charge in [0.15, 0.2) is 5.58 Å². The van der Waals surface area contributed by atoms with Crippen LogP contribution in [0.15, 0.2) is 16.7 Å². The lowest BCUT2D eigenvalue weighted by Crippen LogP contribution is -2.38. The zero-order valence-electron chi connectivity index (χ0n) is 13.4. The molecule has 0 atom stereocenters. The molecule has 1 saturated heterocycles. The van der Waals surface area contributed by atoms with Gasteiger partial charge in [-0.15, -0.1) is 0 Å². The smallest absolute Gasteiger partial charge is 0.288 e. The van der Waals surface area contributed by atoms with Crippen LogP contribution in [0.4, 0.5) is 4.79 Å². The van der Waals surface area contributed by atoms with Crippen molar-refractivity contribution in [1.29, 1.82) is 0 Å². The molecule has 0 spiro atoms. The van der Waals surface area contributed by atoms with E-state index in [2.05, 4.69) is 10.5 Å². The highest BCUT2D eigenvalue weighted by Crippen LogP contribution is 2.24. The van der Waals surface area contributed by atoms with Gasteiger partial charge in [-0.1, -0.05) is 23.0 Å². The van der Waals surface area contributed by atoms with Gasteiger partial charge < -0.3 is 9.84 Å². The van der Waals surface area contributed by atoms with Gasteiger partial charge >= 0.3 is 0 Å². The predicted molar refractivity (Wildman–Crippen MR) is 89.8 cm³/mol. The number of carbonyl (C=O) groups is 3. The van der Waals surface area contributed by atoms with Gasteiger partial charge in [-0.25, -0.2) is 0 Å². The van der Waals surface area contributed by atoms with Crippen LogP contribution >= 0.6 is 11.8 Å². The van der Waals surface area contributed by atoms with Crippen molar-refractivity contribution < 1.29 is 18.9 Å². The number of imide groups is 1. The third kappa shape index (κ3) is 3.28. The number of rotatable bonds is 5. The summed E-state index contributed by atoms with van der Waals surface area (Å²) >= 11 is 0.983. The Morgan fingerprint density at radius 1 is 1.38 bits per heavy atom. The molecule has 2 aromatic rings. The Hall–Kier alpha value is -2.35. The maximum absolute atomic E-state index is 12.1. The Bertz CT molecular complexity index is 814. The molecule has 1 aromatic carbocycles. The zero-order valence-corrected chi connectivity index (χ0v) is 14.2. The van der Waals surface area contributed by atoms with E-state index in [1.807, 2.05) is 26.0 Å². The SMILES string of the molecule is Cc1cc(C)c2onc(CC(=O)NCCN3C(=O)CSC3=O)c2c1. The quantitative estimate of drug-likeness (QED) is 0.886. The van der Waals surface area contributed by atoms with Gasteiger partial charge in [0.1, 0.15) is 5.69 Å². The van der Waals surface area contributed by atoms with Crippen molar-refractivity contribution in [2.24, 2.45) is 0 Å². The van der Waals surface area contributed by atoms with E-state index in [1.54, 1.807) is 0 Å². The second kappa shape index (κ2) is 6.64. The molecule has 0 radical (unpaired) electrons. The van der Waals surface area contributed by atoms with Gasteiger partial charge in [-0.05, 0) is 31.0 Å². The highest BCUT2D eigenvalue weighted by Gasteiger charge is 2.29. The Morgan fingerprint density at radius 2 is 2.17 bits per heavy atom. The second-order valence-corrected chi connectivity index (χ2v) is 6.64. The highest BCUT2D eigenvalue weighted by atomic mass is 32.2. The van der Waals surface area contributed by atoms with E-state index < -0.39 is 0 Å². The fraction of sp³-hybridized carbons (Fsp3) is 0.375. The summed E-state index contributed by atoms with van der Waals surface area (Å²) < 4.78 is 5.32. The summed E-state index contributed by atoms with van der Waals surface area (Å²) in [6, 6.07) is 3.94.